The molecule has 0 bridgehead atoms. The van der Waals surface area contributed by atoms with E-state index in [1.165, 1.54) is 4.57 Å². The summed E-state index contributed by atoms with van der Waals surface area (Å²) in [6.45, 7) is 0. The third-order valence-corrected chi connectivity index (χ3v) is 5.40. The molecule has 144 valence electrons. The first-order valence-electron chi connectivity index (χ1n) is 8.87. The molecule has 4 rings (SSSR count). The monoisotopic (exact) mass is 443 g/mol. The largest absolute Gasteiger partial charge is 0.497 e. The normalized spacial score (nSPS) is 15.4. The fourth-order valence-electron chi connectivity index (χ4n) is 3.73. The maximum atomic E-state index is 12.6. The third kappa shape index (κ3) is 3.35. The predicted octanol–water partition coefficient (Wildman–Crippen LogP) is 2.98. The van der Waals surface area contributed by atoms with Gasteiger partial charge >= 0.3 is 11.1 Å². The number of halogens is 1. The molecule has 0 saturated heterocycles. The number of carbonyl (C=O) groups excluding carboxylic acids is 1. The fourth-order valence-corrected chi connectivity index (χ4v) is 4.24. The van der Waals surface area contributed by atoms with Gasteiger partial charge in [-0.05, 0) is 42.7 Å². The first-order valence-corrected chi connectivity index (χ1v) is 9.66. The highest BCUT2D eigenvalue weighted by atomic mass is 79.9. The second kappa shape index (κ2) is 7.27. The third-order valence-electron chi connectivity index (χ3n) is 4.94. The van der Waals surface area contributed by atoms with E-state index in [4.69, 9.17) is 4.74 Å². The van der Waals surface area contributed by atoms with Crippen LogP contribution in [-0.4, -0.2) is 22.6 Å². The van der Waals surface area contributed by atoms with Crippen LogP contribution in [0.3, 0.4) is 0 Å². The van der Waals surface area contributed by atoms with Crippen molar-refractivity contribution in [3.05, 3.63) is 67.1 Å². The summed E-state index contributed by atoms with van der Waals surface area (Å²) in [5, 5.41) is 2.84. The number of nitrogens with zero attached hydrogens (tertiary/aromatic N) is 1. The van der Waals surface area contributed by atoms with Gasteiger partial charge in [0.2, 0.25) is 5.91 Å². The van der Waals surface area contributed by atoms with Crippen molar-refractivity contribution in [1.82, 2.24) is 9.55 Å². The zero-order chi connectivity index (χ0) is 19.8. The molecule has 1 unspecified atom stereocenters. The summed E-state index contributed by atoms with van der Waals surface area (Å²) < 4.78 is 7.48. The lowest BCUT2D eigenvalue weighted by Crippen LogP contribution is -2.41. The zero-order valence-electron chi connectivity index (χ0n) is 15.1. The standard InChI is InChI=1S/C20H18BrN3O4/c1-28-15-4-2-3-13(9-15)22-17(25)10-14-6-5-11-7-12(21)8-16-18(11)24(14)20(27)19(26)23-16/h2-4,7-9,14H,5-6,10H2,1H3,(H,22,25)(H,23,26). The van der Waals surface area contributed by atoms with Crippen LogP contribution >= 0.6 is 15.9 Å². The van der Waals surface area contributed by atoms with Crippen molar-refractivity contribution < 1.29 is 9.53 Å². The number of aromatic amines is 1. The highest BCUT2D eigenvalue weighted by Crippen LogP contribution is 2.32. The summed E-state index contributed by atoms with van der Waals surface area (Å²) in [6, 6.07) is 10.4. The number of methoxy groups -OCH3 is 1. The van der Waals surface area contributed by atoms with Crippen molar-refractivity contribution in [2.24, 2.45) is 0 Å². The molecule has 0 aliphatic carbocycles. The molecule has 28 heavy (non-hydrogen) atoms. The summed E-state index contributed by atoms with van der Waals surface area (Å²) in [4.78, 5) is 40.0. The van der Waals surface area contributed by atoms with Crippen molar-refractivity contribution in [1.29, 1.82) is 0 Å². The van der Waals surface area contributed by atoms with E-state index >= 15 is 0 Å². The predicted molar refractivity (Wildman–Crippen MR) is 110 cm³/mol. The SMILES string of the molecule is COc1cccc(NC(=O)CC2CCc3cc(Br)cc4[nH]c(=O)c(=O)n2c34)c1. The molecular formula is C20H18BrN3O4. The first kappa shape index (κ1) is 18.5. The Hall–Kier alpha value is -2.87. The first-order chi connectivity index (χ1) is 13.5. The molecule has 8 heteroatoms. The molecule has 3 aromatic rings. The quantitative estimate of drug-likeness (QED) is 0.606. The van der Waals surface area contributed by atoms with Crippen LogP contribution in [0.5, 0.6) is 5.75 Å². The lowest BCUT2D eigenvalue weighted by Gasteiger charge is -2.27. The highest BCUT2D eigenvalue weighted by Gasteiger charge is 2.26. The van der Waals surface area contributed by atoms with Crippen LogP contribution in [0.2, 0.25) is 0 Å². The van der Waals surface area contributed by atoms with E-state index in [0.29, 0.717) is 28.9 Å². The van der Waals surface area contributed by atoms with E-state index < -0.39 is 11.1 Å². The number of carbonyl (C=O) groups is 1. The average Bonchev–Trinajstić information content (AvgIpc) is 2.66. The minimum Gasteiger partial charge on any atom is -0.497 e. The molecule has 1 aliphatic heterocycles. The van der Waals surface area contributed by atoms with E-state index in [9.17, 15) is 14.4 Å². The Bertz CT molecular complexity index is 1200. The molecule has 0 fully saturated rings. The van der Waals surface area contributed by atoms with E-state index in [1.54, 1.807) is 37.4 Å². The van der Waals surface area contributed by atoms with Crippen LogP contribution < -0.4 is 21.2 Å². The molecule has 2 aromatic carbocycles. The van der Waals surface area contributed by atoms with Crippen molar-refractivity contribution >= 4 is 38.6 Å². The van der Waals surface area contributed by atoms with Crippen LogP contribution in [0.15, 0.2) is 50.5 Å². The molecule has 1 amide bonds. The smallest absolute Gasteiger partial charge is 0.317 e. The zero-order valence-corrected chi connectivity index (χ0v) is 16.7. The number of aromatic nitrogens is 2. The van der Waals surface area contributed by atoms with E-state index in [1.807, 2.05) is 6.07 Å². The van der Waals surface area contributed by atoms with Gasteiger partial charge < -0.3 is 15.0 Å². The van der Waals surface area contributed by atoms with Gasteiger partial charge in [0.25, 0.3) is 0 Å². The fraction of sp³-hybridized carbons (Fsp3) is 0.250. The van der Waals surface area contributed by atoms with E-state index in [0.717, 1.165) is 16.5 Å². The minimum atomic E-state index is -0.684. The molecule has 2 heterocycles. The molecule has 0 radical (unpaired) electrons. The Morgan fingerprint density at radius 3 is 2.93 bits per heavy atom. The molecule has 2 N–H and O–H groups in total. The Balaban J connectivity index is 1.67. The van der Waals surface area contributed by atoms with Crippen LogP contribution in [0.4, 0.5) is 5.69 Å². The molecule has 0 spiro atoms. The number of hydrogen-bond donors (Lipinski definition) is 2. The van der Waals surface area contributed by atoms with Crippen LogP contribution in [0.25, 0.3) is 11.0 Å². The van der Waals surface area contributed by atoms with Crippen molar-refractivity contribution in [3.8, 4) is 5.75 Å². The maximum absolute atomic E-state index is 12.6. The summed E-state index contributed by atoms with van der Waals surface area (Å²) in [5.74, 6) is 0.418. The maximum Gasteiger partial charge on any atom is 0.317 e. The van der Waals surface area contributed by atoms with Crippen LogP contribution in [-0.2, 0) is 11.2 Å². The number of nitrogens with one attached hydrogen (secondary N) is 2. The summed E-state index contributed by atoms with van der Waals surface area (Å²) >= 11 is 3.44. The van der Waals surface area contributed by atoms with Gasteiger partial charge in [-0.15, -0.1) is 0 Å². The number of benzene rings is 2. The second-order valence-electron chi connectivity index (χ2n) is 6.77. The van der Waals surface area contributed by atoms with Gasteiger partial charge in [-0.2, -0.15) is 0 Å². The molecule has 1 atom stereocenters. The second-order valence-corrected chi connectivity index (χ2v) is 7.68. The van der Waals surface area contributed by atoms with Gasteiger partial charge in [0.1, 0.15) is 5.75 Å². The van der Waals surface area contributed by atoms with E-state index in [-0.39, 0.29) is 18.4 Å². The van der Waals surface area contributed by atoms with Crippen LogP contribution in [0, 0.1) is 0 Å². The molecule has 7 nitrogen and oxygen atoms in total. The lowest BCUT2D eigenvalue weighted by atomic mass is 9.96. The number of rotatable bonds is 4. The van der Waals surface area contributed by atoms with Gasteiger partial charge in [-0.25, -0.2) is 0 Å². The molecule has 0 saturated carbocycles. The number of hydrogen-bond acceptors (Lipinski definition) is 4. The Morgan fingerprint density at radius 1 is 1.32 bits per heavy atom. The van der Waals surface area contributed by atoms with Gasteiger partial charge in [0.05, 0.1) is 18.1 Å². The van der Waals surface area contributed by atoms with Crippen molar-refractivity contribution in [2.75, 3.05) is 12.4 Å². The topological polar surface area (TPSA) is 93.2 Å². The van der Waals surface area contributed by atoms with Gasteiger partial charge in [-0.3, -0.25) is 19.0 Å². The summed E-state index contributed by atoms with van der Waals surface area (Å²) in [7, 11) is 1.56. The highest BCUT2D eigenvalue weighted by molar-refractivity contribution is 9.10. The Labute approximate surface area is 168 Å². The lowest BCUT2D eigenvalue weighted by molar-refractivity contribution is -0.117. The number of amides is 1. The van der Waals surface area contributed by atoms with E-state index in [2.05, 4.69) is 26.2 Å². The van der Waals surface area contributed by atoms with Crippen LogP contribution in [0.1, 0.15) is 24.4 Å². The van der Waals surface area contributed by atoms with Gasteiger partial charge in [0, 0.05) is 28.7 Å². The van der Waals surface area contributed by atoms with Crippen molar-refractivity contribution in [3.63, 3.8) is 0 Å². The minimum absolute atomic E-state index is 0.102. The number of aryl methyl sites for hydroxylation is 1. The Morgan fingerprint density at radius 2 is 2.14 bits per heavy atom. The number of ether oxygens (including phenoxy) is 1. The van der Waals surface area contributed by atoms with Gasteiger partial charge in [-0.1, -0.05) is 22.0 Å². The molecule has 1 aromatic heterocycles. The summed E-state index contributed by atoms with van der Waals surface area (Å²) in [5.41, 5.74) is 1.56. The molecular weight excluding hydrogens is 426 g/mol. The van der Waals surface area contributed by atoms with Gasteiger partial charge in [0.15, 0.2) is 0 Å². The Kier molecular flexibility index (Phi) is 4.80. The summed E-state index contributed by atoms with van der Waals surface area (Å²) in [6.07, 6.45) is 1.43. The average molecular weight is 444 g/mol. The van der Waals surface area contributed by atoms with Crippen molar-refractivity contribution in [2.45, 2.75) is 25.3 Å². The number of H-pyrrole nitrogens is 1. The molecule has 1 aliphatic rings. The number of anilines is 1.